The van der Waals surface area contributed by atoms with Gasteiger partial charge in [-0.2, -0.15) is 0 Å². The van der Waals surface area contributed by atoms with Crippen LogP contribution >= 0.6 is 0 Å². The van der Waals surface area contributed by atoms with Gasteiger partial charge < -0.3 is 20.4 Å². The Hall–Kier alpha value is -2.63. The highest BCUT2D eigenvalue weighted by Crippen LogP contribution is 2.23. The molecule has 1 aromatic heterocycles. The summed E-state index contributed by atoms with van der Waals surface area (Å²) in [6.07, 6.45) is 3.74. The molecule has 1 aliphatic heterocycles. The van der Waals surface area contributed by atoms with Crippen LogP contribution in [0.1, 0.15) is 19.3 Å². The monoisotopic (exact) mass is 315 g/mol. The molecule has 2 aromatic rings. The fraction of sp³-hybridized carbons (Fsp3) is 0.353. The van der Waals surface area contributed by atoms with E-state index in [1.54, 1.807) is 0 Å². The Labute approximate surface area is 135 Å². The van der Waals surface area contributed by atoms with Crippen LogP contribution in [0.15, 0.2) is 36.4 Å². The predicted molar refractivity (Wildman–Crippen MR) is 88.9 cm³/mol. The molecule has 0 aliphatic carbocycles. The molecule has 0 bridgehead atoms. The van der Waals surface area contributed by atoms with Crippen LogP contribution in [0.25, 0.3) is 0 Å². The first kappa shape index (κ1) is 15.3. The maximum absolute atomic E-state index is 12.0. The number of anilines is 2. The topological polar surface area (TPSA) is 77.7 Å². The molecule has 3 N–H and O–H groups in total. The number of hydrogen-bond donors (Lipinski definition) is 3. The van der Waals surface area contributed by atoms with Crippen LogP contribution < -0.4 is 10.2 Å². The second-order valence-electron chi connectivity index (χ2n) is 5.78. The minimum atomic E-state index is -0.308. The zero-order valence-corrected chi connectivity index (χ0v) is 12.9. The molecule has 0 unspecified atom stereocenters. The van der Waals surface area contributed by atoms with Crippen LogP contribution in [0, 0.1) is 0 Å². The average Bonchev–Trinajstić information content (AvgIpc) is 2.88. The summed E-state index contributed by atoms with van der Waals surface area (Å²) in [5, 5.41) is 21.9. The highest BCUT2D eigenvalue weighted by atomic mass is 16.3. The number of carbonyl (C=O) groups is 1. The van der Waals surface area contributed by atoms with E-state index in [1.165, 1.54) is 37.1 Å². The van der Waals surface area contributed by atoms with Crippen molar-refractivity contribution in [3.63, 3.8) is 0 Å². The van der Waals surface area contributed by atoms with E-state index in [0.29, 0.717) is 5.69 Å². The first-order chi connectivity index (χ1) is 11.1. The summed E-state index contributed by atoms with van der Waals surface area (Å²) in [4.78, 5) is 14.4. The number of aromatic nitrogens is 1. The van der Waals surface area contributed by atoms with Gasteiger partial charge in [0.15, 0.2) is 11.8 Å². The summed E-state index contributed by atoms with van der Waals surface area (Å²) < 4.78 is 1.14. The van der Waals surface area contributed by atoms with Crippen molar-refractivity contribution in [2.45, 2.75) is 25.8 Å². The van der Waals surface area contributed by atoms with E-state index < -0.39 is 0 Å². The van der Waals surface area contributed by atoms with E-state index in [9.17, 15) is 15.0 Å². The third kappa shape index (κ3) is 3.59. The molecule has 1 amide bonds. The lowest BCUT2D eigenvalue weighted by Gasteiger charge is -2.28. The molecule has 1 fully saturated rings. The predicted octanol–water partition coefficient (Wildman–Crippen LogP) is 2.53. The number of amides is 1. The Bertz CT molecular complexity index is 653. The van der Waals surface area contributed by atoms with E-state index in [0.717, 1.165) is 17.7 Å². The molecule has 0 radical (unpaired) electrons. The summed E-state index contributed by atoms with van der Waals surface area (Å²) in [5.74, 6) is -0.589. The smallest absolute Gasteiger partial charge is 0.244 e. The largest absolute Gasteiger partial charge is 0.494 e. The summed E-state index contributed by atoms with van der Waals surface area (Å²) >= 11 is 0. The van der Waals surface area contributed by atoms with E-state index >= 15 is 0 Å². The summed E-state index contributed by atoms with van der Waals surface area (Å²) in [5.41, 5.74) is 1.87. The van der Waals surface area contributed by atoms with E-state index in [4.69, 9.17) is 0 Å². The molecule has 23 heavy (non-hydrogen) atoms. The molecular weight excluding hydrogens is 294 g/mol. The fourth-order valence-corrected chi connectivity index (χ4v) is 2.86. The van der Waals surface area contributed by atoms with Crippen molar-refractivity contribution < 1.29 is 15.0 Å². The second-order valence-corrected chi connectivity index (χ2v) is 5.78. The van der Waals surface area contributed by atoms with Crippen molar-refractivity contribution in [1.29, 1.82) is 0 Å². The molecule has 0 saturated carbocycles. The lowest BCUT2D eigenvalue weighted by Crippen LogP contribution is -2.29. The molecule has 3 rings (SSSR count). The second kappa shape index (κ2) is 6.64. The average molecular weight is 315 g/mol. The molecular formula is C17H21N3O3. The zero-order valence-electron chi connectivity index (χ0n) is 12.9. The van der Waals surface area contributed by atoms with Gasteiger partial charge in [-0.3, -0.25) is 9.36 Å². The molecule has 6 heteroatoms. The van der Waals surface area contributed by atoms with Crippen molar-refractivity contribution >= 4 is 17.3 Å². The minimum Gasteiger partial charge on any atom is -0.494 e. The van der Waals surface area contributed by atoms with Gasteiger partial charge in [0.05, 0.1) is 0 Å². The van der Waals surface area contributed by atoms with Gasteiger partial charge in [0.1, 0.15) is 6.54 Å². The fourth-order valence-electron chi connectivity index (χ4n) is 2.86. The number of benzene rings is 1. The summed E-state index contributed by atoms with van der Waals surface area (Å²) in [6.45, 7) is 2.02. The molecule has 1 saturated heterocycles. The van der Waals surface area contributed by atoms with Crippen LogP contribution in [0.3, 0.4) is 0 Å². The third-order valence-electron chi connectivity index (χ3n) is 4.11. The lowest BCUT2D eigenvalue weighted by molar-refractivity contribution is -0.116. The van der Waals surface area contributed by atoms with Crippen LogP contribution in [0.4, 0.5) is 11.4 Å². The molecule has 2 heterocycles. The van der Waals surface area contributed by atoms with Gasteiger partial charge in [0.25, 0.3) is 0 Å². The van der Waals surface area contributed by atoms with Crippen molar-refractivity contribution in [1.82, 2.24) is 4.57 Å². The van der Waals surface area contributed by atoms with Gasteiger partial charge in [-0.25, -0.2) is 0 Å². The SMILES string of the molecule is O=C(Cn1c(O)ccc1O)Nc1ccc(N2CCCCC2)cc1. The van der Waals surface area contributed by atoms with Gasteiger partial charge in [-0.1, -0.05) is 0 Å². The normalized spacial score (nSPS) is 14.7. The minimum absolute atomic E-state index is 0.140. The lowest BCUT2D eigenvalue weighted by atomic mass is 10.1. The maximum atomic E-state index is 12.0. The highest BCUT2D eigenvalue weighted by molar-refractivity contribution is 5.91. The van der Waals surface area contributed by atoms with Crippen molar-refractivity contribution in [3.8, 4) is 11.8 Å². The van der Waals surface area contributed by atoms with E-state index in [-0.39, 0.29) is 24.2 Å². The van der Waals surface area contributed by atoms with Gasteiger partial charge in [-0.15, -0.1) is 0 Å². The number of rotatable bonds is 4. The molecule has 0 atom stereocenters. The van der Waals surface area contributed by atoms with Gasteiger partial charge in [0, 0.05) is 36.6 Å². The van der Waals surface area contributed by atoms with Crippen molar-refractivity contribution in [3.05, 3.63) is 36.4 Å². The Balaban J connectivity index is 1.60. The number of carbonyl (C=O) groups excluding carboxylic acids is 1. The van der Waals surface area contributed by atoms with Gasteiger partial charge >= 0.3 is 0 Å². The Morgan fingerprint density at radius 3 is 2.17 bits per heavy atom. The van der Waals surface area contributed by atoms with Crippen molar-refractivity contribution in [2.24, 2.45) is 0 Å². The first-order valence-electron chi connectivity index (χ1n) is 7.86. The van der Waals surface area contributed by atoms with Crippen LogP contribution in [0.5, 0.6) is 11.8 Å². The zero-order chi connectivity index (χ0) is 16.2. The quantitative estimate of drug-likeness (QED) is 0.810. The Kier molecular flexibility index (Phi) is 4.41. The van der Waals surface area contributed by atoms with E-state index in [2.05, 4.69) is 10.2 Å². The Morgan fingerprint density at radius 2 is 1.57 bits per heavy atom. The highest BCUT2D eigenvalue weighted by Gasteiger charge is 2.12. The molecule has 6 nitrogen and oxygen atoms in total. The first-order valence-corrected chi connectivity index (χ1v) is 7.86. The third-order valence-corrected chi connectivity index (χ3v) is 4.11. The number of nitrogens with zero attached hydrogens (tertiary/aromatic N) is 2. The number of hydrogen-bond acceptors (Lipinski definition) is 4. The van der Waals surface area contributed by atoms with Gasteiger partial charge in [0.2, 0.25) is 5.91 Å². The molecule has 122 valence electrons. The number of piperidine rings is 1. The Morgan fingerprint density at radius 1 is 0.957 bits per heavy atom. The number of aromatic hydroxyl groups is 2. The molecule has 1 aliphatic rings. The molecule has 0 spiro atoms. The molecule has 1 aromatic carbocycles. The standard InChI is InChI=1S/C17H21N3O3/c21-15(12-20-16(22)8-9-17(20)23)18-13-4-6-14(7-5-13)19-10-2-1-3-11-19/h4-9,22-23H,1-3,10-12H2,(H,18,21). The van der Waals surface area contributed by atoms with E-state index in [1.807, 2.05) is 24.3 Å². The summed E-state index contributed by atoms with van der Waals surface area (Å²) in [7, 11) is 0. The van der Waals surface area contributed by atoms with Crippen molar-refractivity contribution in [2.75, 3.05) is 23.3 Å². The van der Waals surface area contributed by atoms with Crippen LogP contribution in [0.2, 0.25) is 0 Å². The van der Waals surface area contributed by atoms with Gasteiger partial charge in [-0.05, 0) is 43.5 Å². The van der Waals surface area contributed by atoms with Crippen LogP contribution in [-0.4, -0.2) is 33.8 Å². The van der Waals surface area contributed by atoms with Crippen LogP contribution in [-0.2, 0) is 11.3 Å². The number of nitrogens with one attached hydrogen (secondary N) is 1. The summed E-state index contributed by atoms with van der Waals surface area (Å²) in [6, 6.07) is 10.4. The maximum Gasteiger partial charge on any atom is 0.244 e.